The van der Waals surface area contributed by atoms with Crippen molar-refractivity contribution in [3.63, 3.8) is 0 Å². The minimum atomic E-state index is -3.52. The SMILES string of the molecule is CC(NC(=O)Nc1ccc(S(=O)(=O)Cc2ccc3c(c2)CCNC3)cc1)c1cccc(Cl)c1Cl. The lowest BCUT2D eigenvalue weighted by atomic mass is 9.99. The molecule has 0 bridgehead atoms. The number of carbonyl (C=O) groups is 1. The van der Waals surface area contributed by atoms with Crippen molar-refractivity contribution in [2.24, 2.45) is 0 Å². The van der Waals surface area contributed by atoms with Crippen molar-refractivity contribution < 1.29 is 13.2 Å². The number of halogens is 2. The highest BCUT2D eigenvalue weighted by atomic mass is 35.5. The van der Waals surface area contributed by atoms with Gasteiger partial charge in [0.1, 0.15) is 0 Å². The molecule has 3 aromatic rings. The average molecular weight is 518 g/mol. The Labute approximate surface area is 209 Å². The summed E-state index contributed by atoms with van der Waals surface area (Å²) >= 11 is 12.3. The Kier molecular flexibility index (Phi) is 7.48. The summed E-state index contributed by atoms with van der Waals surface area (Å²) in [6, 6.07) is 16.4. The van der Waals surface area contributed by atoms with E-state index < -0.39 is 15.9 Å². The van der Waals surface area contributed by atoms with Gasteiger partial charge >= 0.3 is 6.03 Å². The van der Waals surface area contributed by atoms with E-state index in [-0.39, 0.29) is 16.7 Å². The molecular formula is C25H25Cl2N3O3S. The number of hydrogen-bond acceptors (Lipinski definition) is 4. The van der Waals surface area contributed by atoms with Gasteiger partial charge in [-0.25, -0.2) is 13.2 Å². The molecular weight excluding hydrogens is 493 g/mol. The molecule has 9 heteroatoms. The lowest BCUT2D eigenvalue weighted by Gasteiger charge is -2.18. The molecule has 0 aliphatic carbocycles. The number of sulfone groups is 1. The smallest absolute Gasteiger partial charge is 0.319 e. The first-order valence-electron chi connectivity index (χ1n) is 10.9. The number of fused-ring (bicyclic) bond motifs is 1. The molecule has 0 fully saturated rings. The Balaban J connectivity index is 1.39. The Bertz CT molecular complexity index is 1310. The zero-order valence-electron chi connectivity index (χ0n) is 18.6. The molecule has 1 atom stereocenters. The lowest BCUT2D eigenvalue weighted by Crippen LogP contribution is -2.31. The molecule has 34 heavy (non-hydrogen) atoms. The van der Waals surface area contributed by atoms with E-state index >= 15 is 0 Å². The highest BCUT2D eigenvalue weighted by Crippen LogP contribution is 2.30. The summed E-state index contributed by atoms with van der Waals surface area (Å²) in [5, 5.41) is 9.63. The third kappa shape index (κ3) is 5.73. The van der Waals surface area contributed by atoms with Gasteiger partial charge in [-0.3, -0.25) is 0 Å². The standard InChI is InChI=1S/C25H25Cl2N3O3S/c1-16(22-3-2-4-23(26)24(22)27)29-25(31)30-20-7-9-21(10-8-20)34(32,33)15-17-5-6-19-14-28-12-11-18(19)13-17/h2-10,13,16,28H,11-12,14-15H2,1H3,(H2,29,30,31). The molecule has 2 amide bonds. The van der Waals surface area contributed by atoms with Gasteiger partial charge in [0, 0.05) is 12.2 Å². The summed E-state index contributed by atoms with van der Waals surface area (Å²) in [5.41, 5.74) is 4.36. The minimum absolute atomic E-state index is 0.0706. The van der Waals surface area contributed by atoms with Gasteiger partial charge in [-0.15, -0.1) is 0 Å². The summed E-state index contributed by atoms with van der Waals surface area (Å²) in [7, 11) is -3.52. The second-order valence-corrected chi connectivity index (χ2v) is 11.1. The van der Waals surface area contributed by atoms with Gasteiger partial charge in [-0.1, -0.05) is 53.5 Å². The second-order valence-electron chi connectivity index (χ2n) is 8.28. The average Bonchev–Trinajstić information content (AvgIpc) is 2.80. The lowest BCUT2D eigenvalue weighted by molar-refractivity contribution is 0.249. The molecule has 178 valence electrons. The van der Waals surface area contributed by atoms with Gasteiger partial charge in [-0.05, 0) is 72.5 Å². The van der Waals surface area contributed by atoms with Crippen molar-refractivity contribution in [1.29, 1.82) is 0 Å². The van der Waals surface area contributed by atoms with Gasteiger partial charge in [0.15, 0.2) is 9.84 Å². The van der Waals surface area contributed by atoms with Gasteiger partial charge in [0.05, 0.1) is 26.7 Å². The molecule has 0 spiro atoms. The second kappa shape index (κ2) is 10.4. The van der Waals surface area contributed by atoms with E-state index in [2.05, 4.69) is 16.0 Å². The predicted octanol–water partition coefficient (Wildman–Crippen LogP) is 5.50. The zero-order valence-corrected chi connectivity index (χ0v) is 20.9. The number of hydrogen-bond donors (Lipinski definition) is 3. The fraction of sp³-hybridized carbons (Fsp3) is 0.240. The van der Waals surface area contributed by atoms with Crippen LogP contribution in [0.4, 0.5) is 10.5 Å². The molecule has 1 unspecified atom stereocenters. The first-order valence-corrected chi connectivity index (χ1v) is 13.3. The van der Waals surface area contributed by atoms with Gasteiger partial charge in [-0.2, -0.15) is 0 Å². The molecule has 0 saturated heterocycles. The van der Waals surface area contributed by atoms with Gasteiger partial charge < -0.3 is 16.0 Å². The fourth-order valence-corrected chi connectivity index (χ4v) is 5.77. The largest absolute Gasteiger partial charge is 0.331 e. The fourth-order valence-electron chi connectivity index (χ4n) is 3.97. The Morgan fingerprint density at radius 2 is 1.82 bits per heavy atom. The molecule has 3 N–H and O–H groups in total. The molecule has 1 aliphatic heterocycles. The number of anilines is 1. The number of benzene rings is 3. The van der Waals surface area contributed by atoms with Crippen LogP contribution in [0.1, 0.15) is 35.2 Å². The van der Waals surface area contributed by atoms with Crippen LogP contribution >= 0.6 is 23.2 Å². The van der Waals surface area contributed by atoms with Crippen molar-refractivity contribution >= 4 is 44.8 Å². The number of nitrogens with one attached hydrogen (secondary N) is 3. The van der Waals surface area contributed by atoms with Crippen LogP contribution in [-0.4, -0.2) is 21.0 Å². The van der Waals surface area contributed by atoms with E-state index in [4.69, 9.17) is 23.2 Å². The Morgan fingerprint density at radius 1 is 1.06 bits per heavy atom. The third-order valence-corrected chi connectivity index (χ3v) is 8.32. The van der Waals surface area contributed by atoms with Crippen LogP contribution in [0, 0.1) is 0 Å². The van der Waals surface area contributed by atoms with Crippen LogP contribution < -0.4 is 16.0 Å². The van der Waals surface area contributed by atoms with Crippen molar-refractivity contribution in [2.45, 2.75) is 36.6 Å². The minimum Gasteiger partial charge on any atom is -0.331 e. The van der Waals surface area contributed by atoms with E-state index in [0.717, 1.165) is 25.1 Å². The van der Waals surface area contributed by atoms with Crippen LogP contribution in [0.3, 0.4) is 0 Å². The maximum absolute atomic E-state index is 12.9. The van der Waals surface area contributed by atoms with Gasteiger partial charge in [0.25, 0.3) is 0 Å². The first kappa shape index (κ1) is 24.5. The van der Waals surface area contributed by atoms with Crippen LogP contribution in [0.2, 0.25) is 10.0 Å². The van der Waals surface area contributed by atoms with Gasteiger partial charge in [0.2, 0.25) is 0 Å². The Hall–Kier alpha value is -2.58. The van der Waals surface area contributed by atoms with Crippen molar-refractivity contribution in [3.8, 4) is 0 Å². The first-order chi connectivity index (χ1) is 16.2. The summed E-state index contributed by atoms with van der Waals surface area (Å²) in [6.07, 6.45) is 0.897. The van der Waals surface area contributed by atoms with E-state index in [9.17, 15) is 13.2 Å². The third-order valence-electron chi connectivity index (χ3n) is 5.78. The molecule has 1 aliphatic rings. The molecule has 0 aromatic heterocycles. The maximum Gasteiger partial charge on any atom is 0.319 e. The Morgan fingerprint density at radius 3 is 2.59 bits per heavy atom. The highest BCUT2D eigenvalue weighted by Gasteiger charge is 2.18. The normalized spacial score (nSPS) is 14.2. The van der Waals surface area contributed by atoms with Crippen LogP contribution in [-0.2, 0) is 28.6 Å². The van der Waals surface area contributed by atoms with E-state index in [0.29, 0.717) is 21.3 Å². The van der Waals surface area contributed by atoms with Crippen molar-refractivity contribution in [3.05, 3.63) is 93.0 Å². The summed E-state index contributed by atoms with van der Waals surface area (Å²) in [6.45, 7) is 3.51. The van der Waals surface area contributed by atoms with Crippen LogP contribution in [0.5, 0.6) is 0 Å². The number of carbonyl (C=O) groups excluding carboxylic acids is 1. The number of rotatable bonds is 6. The quantitative estimate of drug-likeness (QED) is 0.403. The van der Waals surface area contributed by atoms with E-state index in [1.807, 2.05) is 18.2 Å². The van der Waals surface area contributed by atoms with E-state index in [1.54, 1.807) is 37.3 Å². The topological polar surface area (TPSA) is 87.3 Å². The zero-order chi connectivity index (χ0) is 24.3. The monoisotopic (exact) mass is 517 g/mol. The molecule has 4 rings (SSSR count). The molecule has 0 saturated carbocycles. The number of amides is 2. The van der Waals surface area contributed by atoms with Crippen LogP contribution in [0.25, 0.3) is 0 Å². The van der Waals surface area contributed by atoms with E-state index in [1.165, 1.54) is 23.3 Å². The predicted molar refractivity (Wildman–Crippen MR) is 136 cm³/mol. The molecule has 0 radical (unpaired) electrons. The van der Waals surface area contributed by atoms with Crippen molar-refractivity contribution in [2.75, 3.05) is 11.9 Å². The highest BCUT2D eigenvalue weighted by molar-refractivity contribution is 7.90. The molecule has 3 aromatic carbocycles. The number of urea groups is 1. The summed E-state index contributed by atoms with van der Waals surface area (Å²) < 4.78 is 25.9. The molecule has 1 heterocycles. The summed E-state index contributed by atoms with van der Waals surface area (Å²) in [4.78, 5) is 12.6. The summed E-state index contributed by atoms with van der Waals surface area (Å²) in [5.74, 6) is -0.0706. The molecule has 6 nitrogen and oxygen atoms in total. The van der Waals surface area contributed by atoms with Crippen molar-refractivity contribution in [1.82, 2.24) is 10.6 Å². The van der Waals surface area contributed by atoms with Crippen LogP contribution in [0.15, 0.2) is 65.6 Å². The maximum atomic E-state index is 12.9.